The second-order valence-corrected chi connectivity index (χ2v) is 6.89. The average molecular weight is 350 g/mol. The van der Waals surface area contributed by atoms with Crippen molar-refractivity contribution in [3.63, 3.8) is 0 Å². The fourth-order valence-corrected chi connectivity index (χ4v) is 2.78. The Morgan fingerprint density at radius 1 is 1.27 bits per heavy atom. The number of rotatable bonds is 8. The molecule has 4 N–H and O–H groups in total. The normalized spacial score (nSPS) is 12.1. The number of hydrogen-bond acceptors (Lipinski definition) is 4. The van der Waals surface area contributed by atoms with Crippen molar-refractivity contribution in [2.75, 3.05) is 23.6 Å². The van der Waals surface area contributed by atoms with Crippen LogP contribution >= 0.6 is 12.4 Å². The van der Waals surface area contributed by atoms with Crippen LogP contribution in [0.2, 0.25) is 0 Å². The Hall–Kier alpha value is -1.31. The largest absolute Gasteiger partial charge is 0.352 e. The Kier molecular flexibility index (Phi) is 9.08. The van der Waals surface area contributed by atoms with Crippen molar-refractivity contribution in [3.8, 4) is 0 Å². The molecular formula is C14H24ClN3O3S. The molecule has 1 atom stereocenters. The third kappa shape index (κ3) is 7.11. The highest BCUT2D eigenvalue weighted by Crippen LogP contribution is 2.12. The molecule has 0 fully saturated rings. The molecule has 0 aliphatic carbocycles. The van der Waals surface area contributed by atoms with Crippen LogP contribution in [-0.4, -0.2) is 33.2 Å². The summed E-state index contributed by atoms with van der Waals surface area (Å²) < 4.78 is 25.7. The molecule has 126 valence electrons. The van der Waals surface area contributed by atoms with Crippen LogP contribution in [0, 0.1) is 5.92 Å². The summed E-state index contributed by atoms with van der Waals surface area (Å²) >= 11 is 0. The highest BCUT2D eigenvalue weighted by molar-refractivity contribution is 7.92. The number of carbonyl (C=O) groups excluding carboxylic acids is 1. The molecule has 22 heavy (non-hydrogen) atoms. The number of nitrogens with two attached hydrogens (primary N) is 1. The van der Waals surface area contributed by atoms with E-state index in [-0.39, 0.29) is 30.0 Å². The lowest BCUT2D eigenvalue weighted by Crippen LogP contribution is -2.31. The molecule has 0 aliphatic rings. The molecule has 1 aromatic carbocycles. The van der Waals surface area contributed by atoms with Gasteiger partial charge in [-0.1, -0.05) is 13.8 Å². The molecule has 0 bridgehead atoms. The molecule has 0 aliphatic heterocycles. The van der Waals surface area contributed by atoms with E-state index in [2.05, 4.69) is 10.0 Å². The van der Waals surface area contributed by atoms with Gasteiger partial charge in [-0.2, -0.15) is 0 Å². The van der Waals surface area contributed by atoms with Gasteiger partial charge in [0.25, 0.3) is 5.91 Å². The van der Waals surface area contributed by atoms with Gasteiger partial charge in [0.05, 0.1) is 5.75 Å². The van der Waals surface area contributed by atoms with E-state index in [0.29, 0.717) is 30.8 Å². The molecule has 0 aromatic heterocycles. The van der Waals surface area contributed by atoms with E-state index < -0.39 is 10.0 Å². The molecule has 1 unspecified atom stereocenters. The van der Waals surface area contributed by atoms with Crippen LogP contribution in [0.5, 0.6) is 0 Å². The summed E-state index contributed by atoms with van der Waals surface area (Å²) in [5.41, 5.74) is 6.42. The van der Waals surface area contributed by atoms with Gasteiger partial charge in [-0.05, 0) is 43.1 Å². The summed E-state index contributed by atoms with van der Waals surface area (Å²) in [6, 6.07) is 6.33. The SMILES string of the molecule is CCCS(=O)(=O)Nc1ccc(C(=O)NCC(C)CN)cc1.Cl. The number of carbonyl (C=O) groups is 1. The lowest BCUT2D eigenvalue weighted by molar-refractivity contribution is 0.0948. The molecule has 1 rings (SSSR count). The van der Waals surface area contributed by atoms with Crippen LogP contribution in [0.3, 0.4) is 0 Å². The minimum absolute atomic E-state index is 0. The van der Waals surface area contributed by atoms with Crippen LogP contribution in [0.15, 0.2) is 24.3 Å². The predicted octanol–water partition coefficient (Wildman–Crippen LogP) is 1.58. The summed E-state index contributed by atoms with van der Waals surface area (Å²) in [5.74, 6) is 0.0963. The number of nitrogens with one attached hydrogen (secondary N) is 2. The molecule has 6 nitrogen and oxygen atoms in total. The van der Waals surface area contributed by atoms with Gasteiger partial charge in [0, 0.05) is 17.8 Å². The molecule has 0 saturated heterocycles. The summed E-state index contributed by atoms with van der Waals surface area (Å²) in [5, 5.41) is 2.78. The highest BCUT2D eigenvalue weighted by atomic mass is 35.5. The van der Waals surface area contributed by atoms with Crippen LogP contribution in [0.25, 0.3) is 0 Å². The van der Waals surface area contributed by atoms with E-state index in [1.165, 1.54) is 0 Å². The molecule has 0 heterocycles. The maximum absolute atomic E-state index is 11.9. The van der Waals surface area contributed by atoms with Crippen molar-refractivity contribution in [1.82, 2.24) is 5.32 Å². The Labute approximate surface area is 138 Å². The average Bonchev–Trinajstić information content (AvgIpc) is 2.44. The topological polar surface area (TPSA) is 101 Å². The van der Waals surface area contributed by atoms with Crippen molar-refractivity contribution < 1.29 is 13.2 Å². The first-order valence-corrected chi connectivity index (χ1v) is 8.62. The van der Waals surface area contributed by atoms with Crippen molar-refractivity contribution in [1.29, 1.82) is 0 Å². The molecule has 1 aromatic rings. The number of anilines is 1. The number of benzene rings is 1. The van der Waals surface area contributed by atoms with Crippen molar-refractivity contribution in [3.05, 3.63) is 29.8 Å². The van der Waals surface area contributed by atoms with Gasteiger partial charge >= 0.3 is 0 Å². The zero-order chi connectivity index (χ0) is 15.9. The fourth-order valence-electron chi connectivity index (χ4n) is 1.64. The Bertz CT molecular complexity index is 561. The van der Waals surface area contributed by atoms with Crippen LogP contribution in [-0.2, 0) is 10.0 Å². The number of hydrogen-bond donors (Lipinski definition) is 3. The van der Waals surface area contributed by atoms with Crippen molar-refractivity contribution in [2.24, 2.45) is 11.7 Å². The molecule has 0 radical (unpaired) electrons. The molecule has 0 saturated carbocycles. The zero-order valence-corrected chi connectivity index (χ0v) is 14.5. The third-order valence-corrected chi connectivity index (χ3v) is 4.40. The molecule has 0 spiro atoms. The van der Waals surface area contributed by atoms with Crippen LogP contribution in [0.4, 0.5) is 5.69 Å². The summed E-state index contributed by atoms with van der Waals surface area (Å²) in [6.45, 7) is 4.78. The Morgan fingerprint density at radius 2 is 1.86 bits per heavy atom. The number of sulfonamides is 1. The first-order valence-electron chi connectivity index (χ1n) is 6.96. The summed E-state index contributed by atoms with van der Waals surface area (Å²) in [7, 11) is -3.31. The summed E-state index contributed by atoms with van der Waals surface area (Å²) in [6.07, 6.45) is 0.551. The Morgan fingerprint density at radius 3 is 2.36 bits per heavy atom. The minimum atomic E-state index is -3.31. The summed E-state index contributed by atoms with van der Waals surface area (Å²) in [4.78, 5) is 11.9. The smallest absolute Gasteiger partial charge is 0.251 e. The third-order valence-electron chi connectivity index (χ3n) is 2.91. The molecule has 8 heteroatoms. The van der Waals surface area contributed by atoms with Gasteiger partial charge in [0.15, 0.2) is 0 Å². The molecular weight excluding hydrogens is 326 g/mol. The van der Waals surface area contributed by atoms with Gasteiger partial charge in [-0.25, -0.2) is 8.42 Å². The monoisotopic (exact) mass is 349 g/mol. The number of amides is 1. The van der Waals surface area contributed by atoms with E-state index in [9.17, 15) is 13.2 Å². The zero-order valence-electron chi connectivity index (χ0n) is 12.8. The second kappa shape index (κ2) is 9.66. The van der Waals surface area contributed by atoms with E-state index in [0.717, 1.165) is 0 Å². The quantitative estimate of drug-likeness (QED) is 0.663. The van der Waals surface area contributed by atoms with Gasteiger partial charge in [0.2, 0.25) is 10.0 Å². The van der Waals surface area contributed by atoms with Crippen LogP contribution < -0.4 is 15.8 Å². The maximum atomic E-state index is 11.9. The maximum Gasteiger partial charge on any atom is 0.251 e. The lowest BCUT2D eigenvalue weighted by Gasteiger charge is -2.11. The van der Waals surface area contributed by atoms with Crippen LogP contribution in [0.1, 0.15) is 30.6 Å². The predicted molar refractivity (Wildman–Crippen MR) is 91.9 cm³/mol. The fraction of sp³-hybridized carbons (Fsp3) is 0.500. The second-order valence-electron chi connectivity index (χ2n) is 5.05. The van der Waals surface area contributed by atoms with Gasteiger partial charge in [-0.15, -0.1) is 12.4 Å². The van der Waals surface area contributed by atoms with Gasteiger partial charge in [-0.3, -0.25) is 9.52 Å². The van der Waals surface area contributed by atoms with E-state index in [4.69, 9.17) is 5.73 Å². The van der Waals surface area contributed by atoms with E-state index in [1.54, 1.807) is 31.2 Å². The Balaban J connectivity index is 0.00000441. The minimum Gasteiger partial charge on any atom is -0.352 e. The molecule has 1 amide bonds. The first kappa shape index (κ1) is 20.7. The first-order chi connectivity index (χ1) is 9.88. The van der Waals surface area contributed by atoms with Gasteiger partial charge in [0.1, 0.15) is 0 Å². The van der Waals surface area contributed by atoms with Crippen molar-refractivity contribution >= 4 is 34.0 Å². The lowest BCUT2D eigenvalue weighted by atomic mass is 10.1. The van der Waals surface area contributed by atoms with E-state index in [1.807, 2.05) is 6.92 Å². The highest BCUT2D eigenvalue weighted by Gasteiger charge is 2.10. The number of halogens is 1. The standard InChI is InChI=1S/C14H23N3O3S.ClH/c1-3-8-21(19,20)17-13-6-4-12(5-7-13)14(18)16-10-11(2)9-15;/h4-7,11,17H,3,8-10,15H2,1-2H3,(H,16,18);1H. The van der Waals surface area contributed by atoms with E-state index >= 15 is 0 Å². The van der Waals surface area contributed by atoms with Gasteiger partial charge < -0.3 is 11.1 Å². The van der Waals surface area contributed by atoms with Crippen molar-refractivity contribution in [2.45, 2.75) is 20.3 Å².